The number of aryl methyl sites for hydroxylation is 1. The SMILES string of the molecule is COCCCNC(=O)[C@H]1CCCN1S(=O)(=O)c1ccc(C)cc1. The topological polar surface area (TPSA) is 75.7 Å². The predicted molar refractivity (Wildman–Crippen MR) is 87.6 cm³/mol. The molecule has 1 atom stereocenters. The van der Waals surface area contributed by atoms with Gasteiger partial charge in [0, 0.05) is 26.8 Å². The summed E-state index contributed by atoms with van der Waals surface area (Å²) in [6.45, 7) is 3.34. The van der Waals surface area contributed by atoms with Crippen molar-refractivity contribution >= 4 is 15.9 Å². The molecule has 0 radical (unpaired) electrons. The molecule has 0 bridgehead atoms. The Balaban J connectivity index is 2.08. The fourth-order valence-electron chi connectivity index (χ4n) is 2.68. The van der Waals surface area contributed by atoms with Gasteiger partial charge in [0.1, 0.15) is 6.04 Å². The van der Waals surface area contributed by atoms with Gasteiger partial charge in [0.25, 0.3) is 0 Å². The molecule has 1 amide bonds. The summed E-state index contributed by atoms with van der Waals surface area (Å²) in [5.74, 6) is -0.228. The Morgan fingerprint density at radius 2 is 2.04 bits per heavy atom. The van der Waals surface area contributed by atoms with Gasteiger partial charge in [0.15, 0.2) is 0 Å². The van der Waals surface area contributed by atoms with Gasteiger partial charge in [-0.05, 0) is 38.3 Å². The zero-order valence-electron chi connectivity index (χ0n) is 13.6. The summed E-state index contributed by atoms with van der Waals surface area (Å²) in [6.07, 6.45) is 1.96. The van der Waals surface area contributed by atoms with Gasteiger partial charge in [-0.15, -0.1) is 0 Å². The molecule has 2 rings (SSSR count). The number of carbonyl (C=O) groups excluding carboxylic acids is 1. The van der Waals surface area contributed by atoms with E-state index < -0.39 is 16.1 Å². The van der Waals surface area contributed by atoms with Crippen molar-refractivity contribution in [3.8, 4) is 0 Å². The highest BCUT2D eigenvalue weighted by Gasteiger charge is 2.39. The van der Waals surface area contributed by atoms with Crippen LogP contribution in [-0.2, 0) is 19.6 Å². The number of nitrogens with one attached hydrogen (secondary N) is 1. The number of nitrogens with zero attached hydrogens (tertiary/aromatic N) is 1. The molecule has 23 heavy (non-hydrogen) atoms. The number of amides is 1. The second-order valence-corrected chi connectivity index (χ2v) is 7.61. The molecule has 0 spiro atoms. The van der Waals surface area contributed by atoms with E-state index in [1.165, 1.54) is 4.31 Å². The Hall–Kier alpha value is -1.44. The van der Waals surface area contributed by atoms with Crippen LogP contribution in [0.5, 0.6) is 0 Å². The van der Waals surface area contributed by atoms with E-state index in [4.69, 9.17) is 4.74 Å². The first kappa shape index (κ1) is 17.9. The third-order valence-corrected chi connectivity index (χ3v) is 5.88. The molecule has 0 aromatic heterocycles. The molecular formula is C16H24N2O4S. The average Bonchev–Trinajstić information content (AvgIpc) is 3.02. The molecule has 6 nitrogen and oxygen atoms in total. The lowest BCUT2D eigenvalue weighted by Crippen LogP contribution is -2.46. The number of hydrogen-bond donors (Lipinski definition) is 1. The minimum absolute atomic E-state index is 0.228. The number of carbonyl (C=O) groups is 1. The fourth-order valence-corrected chi connectivity index (χ4v) is 4.34. The molecule has 1 aromatic rings. The lowest BCUT2D eigenvalue weighted by atomic mass is 10.2. The van der Waals surface area contributed by atoms with Crippen molar-refractivity contribution in [1.82, 2.24) is 9.62 Å². The van der Waals surface area contributed by atoms with Crippen LogP contribution in [0.2, 0.25) is 0 Å². The van der Waals surface area contributed by atoms with E-state index in [0.29, 0.717) is 39.0 Å². The van der Waals surface area contributed by atoms with Crippen LogP contribution in [0.3, 0.4) is 0 Å². The van der Waals surface area contributed by atoms with Crippen molar-refractivity contribution in [2.24, 2.45) is 0 Å². The van der Waals surface area contributed by atoms with Crippen molar-refractivity contribution in [1.29, 1.82) is 0 Å². The van der Waals surface area contributed by atoms with Crippen molar-refractivity contribution in [3.63, 3.8) is 0 Å². The molecule has 7 heteroatoms. The Morgan fingerprint density at radius 3 is 2.70 bits per heavy atom. The second-order valence-electron chi connectivity index (χ2n) is 5.72. The van der Waals surface area contributed by atoms with E-state index in [1.807, 2.05) is 6.92 Å². The van der Waals surface area contributed by atoms with Crippen LogP contribution in [0.4, 0.5) is 0 Å². The zero-order chi connectivity index (χ0) is 16.9. The summed E-state index contributed by atoms with van der Waals surface area (Å²) in [5, 5.41) is 2.80. The van der Waals surface area contributed by atoms with Crippen LogP contribution in [0, 0.1) is 6.92 Å². The molecule has 128 valence electrons. The van der Waals surface area contributed by atoms with E-state index in [9.17, 15) is 13.2 Å². The Kier molecular flexibility index (Phi) is 6.15. The second kappa shape index (κ2) is 7.90. The van der Waals surface area contributed by atoms with Gasteiger partial charge in [0.2, 0.25) is 15.9 Å². The van der Waals surface area contributed by atoms with E-state index >= 15 is 0 Å². The number of methoxy groups -OCH3 is 1. The summed E-state index contributed by atoms with van der Waals surface area (Å²) in [7, 11) is -2.03. The maximum Gasteiger partial charge on any atom is 0.243 e. The summed E-state index contributed by atoms with van der Waals surface area (Å²) in [4.78, 5) is 12.5. The molecule has 1 N–H and O–H groups in total. The summed E-state index contributed by atoms with van der Waals surface area (Å²) >= 11 is 0. The van der Waals surface area contributed by atoms with E-state index in [-0.39, 0.29) is 10.8 Å². The largest absolute Gasteiger partial charge is 0.385 e. The molecule has 1 aromatic carbocycles. The smallest absolute Gasteiger partial charge is 0.243 e. The van der Waals surface area contributed by atoms with Gasteiger partial charge in [-0.25, -0.2) is 8.42 Å². The normalized spacial score (nSPS) is 19.0. The molecule has 0 aliphatic carbocycles. The van der Waals surface area contributed by atoms with E-state index in [2.05, 4.69) is 5.32 Å². The van der Waals surface area contributed by atoms with Gasteiger partial charge in [-0.3, -0.25) is 4.79 Å². The van der Waals surface area contributed by atoms with Crippen LogP contribution < -0.4 is 5.32 Å². The first-order chi connectivity index (χ1) is 11.0. The summed E-state index contributed by atoms with van der Waals surface area (Å²) in [6, 6.07) is 6.10. The van der Waals surface area contributed by atoms with Gasteiger partial charge < -0.3 is 10.1 Å². The minimum Gasteiger partial charge on any atom is -0.385 e. The highest BCUT2D eigenvalue weighted by Crippen LogP contribution is 2.26. The average molecular weight is 340 g/mol. The van der Waals surface area contributed by atoms with Crippen LogP contribution in [-0.4, -0.2) is 51.5 Å². The molecule has 1 saturated heterocycles. The Labute approximate surface area is 137 Å². The molecule has 1 fully saturated rings. The maximum absolute atomic E-state index is 12.8. The molecule has 1 aliphatic heterocycles. The summed E-state index contributed by atoms with van der Waals surface area (Å²) < 4.78 is 31.8. The highest BCUT2D eigenvalue weighted by atomic mass is 32.2. The van der Waals surface area contributed by atoms with Gasteiger partial charge >= 0.3 is 0 Å². The fraction of sp³-hybridized carbons (Fsp3) is 0.562. The Bertz CT molecular complexity index is 628. The number of hydrogen-bond acceptors (Lipinski definition) is 4. The van der Waals surface area contributed by atoms with Gasteiger partial charge in [-0.1, -0.05) is 17.7 Å². The van der Waals surface area contributed by atoms with Crippen molar-refractivity contribution in [2.75, 3.05) is 26.8 Å². The third-order valence-electron chi connectivity index (χ3n) is 3.96. The summed E-state index contributed by atoms with van der Waals surface area (Å²) in [5.41, 5.74) is 0.998. The van der Waals surface area contributed by atoms with Crippen LogP contribution in [0.1, 0.15) is 24.8 Å². The highest BCUT2D eigenvalue weighted by molar-refractivity contribution is 7.89. The number of ether oxygens (including phenoxy) is 1. The first-order valence-electron chi connectivity index (χ1n) is 7.82. The van der Waals surface area contributed by atoms with Crippen LogP contribution in [0.25, 0.3) is 0 Å². The standard InChI is InChI=1S/C16H24N2O4S/c1-13-6-8-14(9-7-13)23(20,21)18-11-3-5-15(18)16(19)17-10-4-12-22-2/h6-9,15H,3-5,10-12H2,1-2H3,(H,17,19)/t15-/m1/s1. The quantitative estimate of drug-likeness (QED) is 0.759. The molecule has 0 saturated carbocycles. The van der Waals surface area contributed by atoms with Crippen molar-refractivity contribution in [2.45, 2.75) is 37.1 Å². The van der Waals surface area contributed by atoms with Crippen LogP contribution in [0.15, 0.2) is 29.2 Å². The van der Waals surface area contributed by atoms with E-state index in [0.717, 1.165) is 5.56 Å². The lowest BCUT2D eigenvalue weighted by molar-refractivity contribution is -0.124. The number of rotatable bonds is 7. The lowest BCUT2D eigenvalue weighted by Gasteiger charge is -2.23. The monoisotopic (exact) mass is 340 g/mol. The van der Waals surface area contributed by atoms with Crippen LogP contribution >= 0.6 is 0 Å². The zero-order valence-corrected chi connectivity index (χ0v) is 14.4. The number of sulfonamides is 1. The van der Waals surface area contributed by atoms with Crippen molar-refractivity contribution < 1.29 is 17.9 Å². The first-order valence-corrected chi connectivity index (χ1v) is 9.26. The minimum atomic E-state index is -3.64. The van der Waals surface area contributed by atoms with E-state index in [1.54, 1.807) is 31.4 Å². The van der Waals surface area contributed by atoms with Crippen molar-refractivity contribution in [3.05, 3.63) is 29.8 Å². The molecular weight excluding hydrogens is 316 g/mol. The van der Waals surface area contributed by atoms with Gasteiger partial charge in [0.05, 0.1) is 4.90 Å². The third kappa shape index (κ3) is 4.31. The maximum atomic E-state index is 12.8. The molecule has 1 heterocycles. The molecule has 0 unspecified atom stereocenters. The Morgan fingerprint density at radius 1 is 1.35 bits per heavy atom. The van der Waals surface area contributed by atoms with Gasteiger partial charge in [-0.2, -0.15) is 4.31 Å². The molecule has 1 aliphatic rings. The number of benzene rings is 1. The predicted octanol–water partition coefficient (Wildman–Crippen LogP) is 1.30.